The Kier molecular flexibility index (Phi) is 8.36. The number of nitrogens with zero attached hydrogens (tertiary/aromatic N) is 4. The van der Waals surface area contributed by atoms with E-state index in [4.69, 9.17) is 25.8 Å². The van der Waals surface area contributed by atoms with Crippen LogP contribution in [0.2, 0.25) is 5.02 Å². The molecule has 0 bridgehead atoms. The van der Waals surface area contributed by atoms with Crippen molar-refractivity contribution in [1.82, 2.24) is 19.9 Å². The van der Waals surface area contributed by atoms with Crippen LogP contribution in [-0.2, 0) is 6.54 Å². The number of benzene rings is 1. The fourth-order valence-corrected chi connectivity index (χ4v) is 3.76. The van der Waals surface area contributed by atoms with E-state index < -0.39 is 0 Å². The number of aromatic nitrogens is 3. The second-order valence-electron chi connectivity index (χ2n) is 7.19. The van der Waals surface area contributed by atoms with E-state index in [1.54, 1.807) is 14.2 Å². The van der Waals surface area contributed by atoms with Crippen LogP contribution in [0.1, 0.15) is 32.3 Å². The first-order valence-corrected chi connectivity index (χ1v) is 11.0. The van der Waals surface area contributed by atoms with E-state index in [1.165, 1.54) is 0 Å². The number of likely N-dealkylation sites (tertiary alicyclic amines) is 1. The van der Waals surface area contributed by atoms with Crippen molar-refractivity contribution < 1.29 is 14.2 Å². The molecule has 0 unspecified atom stereocenters. The van der Waals surface area contributed by atoms with Gasteiger partial charge in [0.1, 0.15) is 16.5 Å². The first-order valence-electron chi connectivity index (χ1n) is 10.6. The third-order valence-corrected chi connectivity index (χ3v) is 5.39. The number of hydrogen-bond acceptors (Lipinski definition) is 9. The quantitative estimate of drug-likeness (QED) is 0.564. The molecule has 0 radical (unpaired) electrons. The lowest BCUT2D eigenvalue weighted by molar-refractivity contribution is 0.210. The van der Waals surface area contributed by atoms with Crippen molar-refractivity contribution in [2.45, 2.75) is 39.3 Å². The molecule has 1 fully saturated rings. The Morgan fingerprint density at radius 1 is 1.03 bits per heavy atom. The van der Waals surface area contributed by atoms with Crippen LogP contribution in [0.25, 0.3) is 0 Å². The maximum Gasteiger partial charge on any atom is 0.322 e. The zero-order valence-corrected chi connectivity index (χ0v) is 19.3. The summed E-state index contributed by atoms with van der Waals surface area (Å²) in [4.78, 5) is 15.2. The fraction of sp³-hybridized carbons (Fsp3) is 0.571. The number of piperidine rings is 1. The lowest BCUT2D eigenvalue weighted by Crippen LogP contribution is -2.39. The van der Waals surface area contributed by atoms with E-state index >= 15 is 0 Å². The first-order chi connectivity index (χ1) is 15.1. The summed E-state index contributed by atoms with van der Waals surface area (Å²) in [6.07, 6.45) is 1.96. The highest BCUT2D eigenvalue weighted by atomic mass is 35.5. The SMILES string of the molecule is CCOc1cc(CN2CCC(Nc3nc(NC)nc(OC)n3)CC2)cc(OCC)c1Cl. The van der Waals surface area contributed by atoms with Crippen molar-refractivity contribution in [2.24, 2.45) is 0 Å². The van der Waals surface area contributed by atoms with Crippen LogP contribution >= 0.6 is 11.6 Å². The average molecular weight is 451 g/mol. The van der Waals surface area contributed by atoms with Crippen molar-refractivity contribution in [2.75, 3.05) is 51.1 Å². The topological polar surface area (TPSA) is 93.7 Å². The van der Waals surface area contributed by atoms with E-state index in [-0.39, 0.29) is 12.1 Å². The molecule has 31 heavy (non-hydrogen) atoms. The molecule has 1 aromatic heterocycles. The normalized spacial score (nSPS) is 14.9. The summed E-state index contributed by atoms with van der Waals surface area (Å²) in [5.41, 5.74) is 1.13. The van der Waals surface area contributed by atoms with Gasteiger partial charge in [-0.15, -0.1) is 0 Å². The Balaban J connectivity index is 1.60. The predicted molar refractivity (Wildman–Crippen MR) is 122 cm³/mol. The molecule has 2 heterocycles. The molecular formula is C21H31ClN6O3. The summed E-state index contributed by atoms with van der Waals surface area (Å²) >= 11 is 6.42. The minimum Gasteiger partial charge on any atom is -0.492 e. The van der Waals surface area contributed by atoms with E-state index in [1.807, 2.05) is 26.0 Å². The van der Waals surface area contributed by atoms with Gasteiger partial charge in [-0.25, -0.2) is 0 Å². The Hall–Kier alpha value is -2.52. The van der Waals surface area contributed by atoms with E-state index in [2.05, 4.69) is 30.5 Å². The summed E-state index contributed by atoms with van der Waals surface area (Å²) < 4.78 is 16.6. The molecular weight excluding hydrogens is 420 g/mol. The zero-order valence-electron chi connectivity index (χ0n) is 18.6. The molecule has 1 aliphatic rings. The average Bonchev–Trinajstić information content (AvgIpc) is 2.78. The van der Waals surface area contributed by atoms with Crippen molar-refractivity contribution in [3.63, 3.8) is 0 Å². The highest BCUT2D eigenvalue weighted by Gasteiger charge is 2.21. The monoisotopic (exact) mass is 450 g/mol. The number of ether oxygens (including phenoxy) is 3. The summed E-state index contributed by atoms with van der Waals surface area (Å²) in [6.45, 7) is 7.73. The molecule has 2 N–H and O–H groups in total. The molecule has 0 atom stereocenters. The Morgan fingerprint density at radius 2 is 1.65 bits per heavy atom. The van der Waals surface area contributed by atoms with Gasteiger partial charge in [0.05, 0.1) is 20.3 Å². The van der Waals surface area contributed by atoms with Gasteiger partial charge in [-0.05, 0) is 44.4 Å². The fourth-order valence-electron chi connectivity index (χ4n) is 3.54. The zero-order chi connectivity index (χ0) is 22.2. The molecule has 1 saturated heterocycles. The number of halogens is 1. The van der Waals surface area contributed by atoms with Crippen molar-refractivity contribution in [3.8, 4) is 17.5 Å². The largest absolute Gasteiger partial charge is 0.492 e. The van der Waals surface area contributed by atoms with Crippen LogP contribution in [0.3, 0.4) is 0 Å². The number of rotatable bonds is 10. The van der Waals surface area contributed by atoms with Gasteiger partial charge in [0, 0.05) is 32.7 Å². The molecule has 3 rings (SSSR count). The second-order valence-corrected chi connectivity index (χ2v) is 7.56. The number of methoxy groups -OCH3 is 1. The Morgan fingerprint density at radius 3 is 2.19 bits per heavy atom. The van der Waals surface area contributed by atoms with E-state index in [0.29, 0.717) is 41.6 Å². The minimum absolute atomic E-state index is 0.288. The van der Waals surface area contributed by atoms with Crippen LogP contribution in [0.5, 0.6) is 17.5 Å². The van der Waals surface area contributed by atoms with Gasteiger partial charge < -0.3 is 24.8 Å². The van der Waals surface area contributed by atoms with Crippen LogP contribution in [0, 0.1) is 0 Å². The summed E-state index contributed by atoms with van der Waals surface area (Å²) in [6, 6.07) is 4.60. The number of hydrogen-bond donors (Lipinski definition) is 2. The van der Waals surface area contributed by atoms with Gasteiger partial charge in [0.25, 0.3) is 0 Å². The minimum atomic E-state index is 0.288. The van der Waals surface area contributed by atoms with Crippen LogP contribution < -0.4 is 24.8 Å². The second kappa shape index (κ2) is 11.2. The van der Waals surface area contributed by atoms with E-state index in [9.17, 15) is 0 Å². The van der Waals surface area contributed by atoms with Crippen molar-refractivity contribution in [1.29, 1.82) is 0 Å². The molecule has 1 aliphatic heterocycles. The van der Waals surface area contributed by atoms with Crippen molar-refractivity contribution in [3.05, 3.63) is 22.7 Å². The third kappa shape index (κ3) is 6.24. The van der Waals surface area contributed by atoms with Gasteiger partial charge in [-0.1, -0.05) is 11.6 Å². The molecule has 0 amide bonds. The summed E-state index contributed by atoms with van der Waals surface area (Å²) in [5.74, 6) is 2.34. The van der Waals surface area contributed by atoms with E-state index in [0.717, 1.165) is 38.0 Å². The maximum absolute atomic E-state index is 6.42. The standard InChI is InChI=1S/C21H31ClN6O3/c1-5-30-16-11-14(12-17(18(16)22)31-6-2)13-28-9-7-15(8-10-28)24-20-25-19(23-3)26-21(27-20)29-4/h11-12,15H,5-10,13H2,1-4H3,(H2,23,24,25,26,27). The molecule has 170 valence electrons. The van der Waals surface area contributed by atoms with Crippen LogP contribution in [-0.4, -0.2) is 66.4 Å². The third-order valence-electron chi connectivity index (χ3n) is 5.01. The van der Waals surface area contributed by atoms with Crippen LogP contribution in [0.15, 0.2) is 12.1 Å². The van der Waals surface area contributed by atoms with Gasteiger partial charge in [-0.2, -0.15) is 15.0 Å². The highest BCUT2D eigenvalue weighted by molar-refractivity contribution is 6.33. The van der Waals surface area contributed by atoms with Crippen molar-refractivity contribution >= 4 is 23.5 Å². The molecule has 2 aromatic rings. The highest BCUT2D eigenvalue weighted by Crippen LogP contribution is 2.36. The molecule has 0 aliphatic carbocycles. The number of nitrogens with one attached hydrogen (secondary N) is 2. The first kappa shape index (κ1) is 23.1. The molecule has 10 heteroatoms. The van der Waals surface area contributed by atoms with Crippen LogP contribution in [0.4, 0.5) is 11.9 Å². The molecule has 0 saturated carbocycles. The van der Waals surface area contributed by atoms with Gasteiger partial charge in [0.2, 0.25) is 11.9 Å². The summed E-state index contributed by atoms with van der Waals surface area (Å²) in [7, 11) is 3.31. The van der Waals surface area contributed by atoms with Gasteiger partial charge in [-0.3, -0.25) is 4.90 Å². The molecule has 9 nitrogen and oxygen atoms in total. The number of anilines is 2. The lowest BCUT2D eigenvalue weighted by atomic mass is 10.0. The molecule has 0 spiro atoms. The van der Waals surface area contributed by atoms with Gasteiger partial charge in [0.15, 0.2) is 0 Å². The summed E-state index contributed by atoms with van der Waals surface area (Å²) in [5, 5.41) is 6.86. The molecule has 1 aromatic carbocycles. The maximum atomic E-state index is 6.42. The predicted octanol–water partition coefficient (Wildman–Crippen LogP) is 3.45. The lowest BCUT2D eigenvalue weighted by Gasteiger charge is -2.32. The smallest absolute Gasteiger partial charge is 0.322 e. The van der Waals surface area contributed by atoms with Gasteiger partial charge >= 0.3 is 6.01 Å². The Labute approximate surface area is 188 Å². The Bertz CT molecular complexity index is 812.